The lowest BCUT2D eigenvalue weighted by atomic mass is 10.2. The Hall–Kier alpha value is -2.58. The number of rotatable bonds is 7. The van der Waals surface area contributed by atoms with Crippen LogP contribution in [0.3, 0.4) is 0 Å². The molecule has 1 aliphatic carbocycles. The van der Waals surface area contributed by atoms with E-state index >= 15 is 0 Å². The fourth-order valence-electron chi connectivity index (χ4n) is 3.31. The molecule has 0 spiro atoms. The van der Waals surface area contributed by atoms with Crippen LogP contribution in [0.25, 0.3) is 21.7 Å². The molecule has 29 heavy (non-hydrogen) atoms. The van der Waals surface area contributed by atoms with Gasteiger partial charge in [0.05, 0.1) is 16.7 Å². The number of aromatic nitrogens is 3. The van der Waals surface area contributed by atoms with Crippen molar-refractivity contribution in [1.29, 1.82) is 0 Å². The third-order valence-electron chi connectivity index (χ3n) is 4.90. The number of thiophene rings is 1. The number of amides is 1. The molecule has 1 saturated carbocycles. The third-order valence-corrected chi connectivity index (χ3v) is 6.71. The molecule has 1 aliphatic rings. The molecule has 148 valence electrons. The molecule has 1 N–H and O–H groups in total. The van der Waals surface area contributed by atoms with Gasteiger partial charge in [0.1, 0.15) is 11.3 Å². The number of benzene rings is 1. The summed E-state index contributed by atoms with van der Waals surface area (Å²) in [6, 6.07) is 14.2. The molecule has 3 heterocycles. The van der Waals surface area contributed by atoms with Crippen molar-refractivity contribution in [2.75, 3.05) is 5.75 Å². The molecule has 0 bridgehead atoms. The smallest absolute Gasteiger partial charge is 0.231 e. The van der Waals surface area contributed by atoms with Crippen LogP contribution in [-0.4, -0.2) is 26.4 Å². The van der Waals surface area contributed by atoms with E-state index in [0.29, 0.717) is 11.8 Å². The first kappa shape index (κ1) is 18.4. The Kier molecular flexibility index (Phi) is 4.89. The van der Waals surface area contributed by atoms with E-state index < -0.39 is 0 Å². The summed E-state index contributed by atoms with van der Waals surface area (Å²) in [7, 11) is 0. The van der Waals surface area contributed by atoms with Crippen molar-refractivity contribution in [3.05, 3.63) is 53.6 Å². The largest absolute Gasteiger partial charge is 0.459 e. The van der Waals surface area contributed by atoms with Crippen molar-refractivity contribution in [1.82, 2.24) is 20.1 Å². The van der Waals surface area contributed by atoms with Gasteiger partial charge in [0.15, 0.2) is 11.0 Å². The van der Waals surface area contributed by atoms with Gasteiger partial charge in [-0.3, -0.25) is 9.36 Å². The van der Waals surface area contributed by atoms with Crippen LogP contribution in [0.2, 0.25) is 0 Å². The minimum absolute atomic E-state index is 0.0500. The average Bonchev–Trinajstić information content (AvgIpc) is 3.15. The topological polar surface area (TPSA) is 73.0 Å². The lowest BCUT2D eigenvalue weighted by molar-refractivity contribution is -0.119. The summed E-state index contributed by atoms with van der Waals surface area (Å²) in [5.41, 5.74) is 0.830. The third kappa shape index (κ3) is 3.82. The minimum Gasteiger partial charge on any atom is -0.459 e. The van der Waals surface area contributed by atoms with Crippen molar-refractivity contribution in [3.63, 3.8) is 0 Å². The quantitative estimate of drug-likeness (QED) is 0.420. The van der Waals surface area contributed by atoms with E-state index in [2.05, 4.69) is 26.1 Å². The van der Waals surface area contributed by atoms with Gasteiger partial charge >= 0.3 is 0 Å². The molecular weight excluding hydrogens is 404 g/mol. The Bertz CT molecular complexity index is 1110. The van der Waals surface area contributed by atoms with E-state index in [1.54, 1.807) is 11.3 Å². The first-order chi connectivity index (χ1) is 14.2. The molecule has 4 aromatic rings. The summed E-state index contributed by atoms with van der Waals surface area (Å²) in [6.45, 7) is 1.93. The number of nitrogens with one attached hydrogen (secondary N) is 1. The highest BCUT2D eigenvalue weighted by Crippen LogP contribution is 2.41. The Labute approximate surface area is 176 Å². The molecule has 0 aliphatic heterocycles. The zero-order valence-corrected chi connectivity index (χ0v) is 17.5. The van der Waals surface area contributed by atoms with Gasteiger partial charge in [-0.15, -0.1) is 21.5 Å². The molecule has 1 fully saturated rings. The second kappa shape index (κ2) is 7.68. The second-order valence-electron chi connectivity index (χ2n) is 7.15. The monoisotopic (exact) mass is 424 g/mol. The first-order valence-corrected chi connectivity index (χ1v) is 11.4. The predicted octanol–water partition coefficient (Wildman–Crippen LogP) is 5.06. The molecule has 0 saturated heterocycles. The Morgan fingerprint density at radius 1 is 1.31 bits per heavy atom. The number of hydrogen-bond acceptors (Lipinski definition) is 6. The summed E-state index contributed by atoms with van der Waals surface area (Å²) in [5.74, 6) is 1.90. The molecular formula is C21H20N4O2S2. The first-order valence-electron chi connectivity index (χ1n) is 9.58. The number of furan rings is 1. The van der Waals surface area contributed by atoms with Gasteiger partial charge in [-0.1, -0.05) is 36.0 Å². The van der Waals surface area contributed by atoms with Crippen molar-refractivity contribution in [3.8, 4) is 10.7 Å². The summed E-state index contributed by atoms with van der Waals surface area (Å²) < 4.78 is 8.04. The zero-order chi connectivity index (χ0) is 19.8. The standard InChI is InChI=1S/C21H20N4O2S2/c1-13(17-11-14-5-2-3-6-16(14)27-17)22-19(26)12-29-21-24-23-20(18-7-4-10-28-18)25(21)15-8-9-15/h2-7,10-11,13,15H,8-9,12H2,1H3,(H,22,26). The Morgan fingerprint density at radius 2 is 2.17 bits per heavy atom. The number of carbonyl (C=O) groups excluding carboxylic acids is 1. The number of carbonyl (C=O) groups is 1. The van der Waals surface area contributed by atoms with Crippen molar-refractivity contribution in [2.24, 2.45) is 0 Å². The van der Waals surface area contributed by atoms with Gasteiger partial charge in [-0.05, 0) is 43.3 Å². The number of nitrogens with zero attached hydrogens (tertiary/aromatic N) is 3. The lowest BCUT2D eigenvalue weighted by Gasteiger charge is -2.11. The molecule has 5 rings (SSSR count). The maximum Gasteiger partial charge on any atom is 0.231 e. The second-order valence-corrected chi connectivity index (χ2v) is 9.04. The van der Waals surface area contributed by atoms with Gasteiger partial charge < -0.3 is 9.73 Å². The molecule has 0 radical (unpaired) electrons. The van der Waals surface area contributed by atoms with Crippen LogP contribution in [0, 0.1) is 0 Å². The van der Waals surface area contributed by atoms with Crippen LogP contribution >= 0.6 is 23.1 Å². The highest BCUT2D eigenvalue weighted by Gasteiger charge is 2.30. The molecule has 1 aromatic carbocycles. The summed E-state index contributed by atoms with van der Waals surface area (Å²) in [4.78, 5) is 13.6. The van der Waals surface area contributed by atoms with Gasteiger partial charge in [-0.25, -0.2) is 0 Å². The fraction of sp³-hybridized carbons (Fsp3) is 0.286. The van der Waals surface area contributed by atoms with Crippen LogP contribution in [0.4, 0.5) is 0 Å². The van der Waals surface area contributed by atoms with Crippen LogP contribution in [0.15, 0.2) is 57.4 Å². The lowest BCUT2D eigenvalue weighted by Crippen LogP contribution is -2.28. The molecule has 1 unspecified atom stereocenters. The van der Waals surface area contributed by atoms with E-state index in [1.807, 2.05) is 48.7 Å². The highest BCUT2D eigenvalue weighted by atomic mass is 32.2. The van der Waals surface area contributed by atoms with E-state index in [-0.39, 0.29) is 11.9 Å². The van der Waals surface area contributed by atoms with Crippen LogP contribution in [0.1, 0.15) is 37.6 Å². The Morgan fingerprint density at radius 3 is 2.93 bits per heavy atom. The molecule has 8 heteroatoms. The number of hydrogen-bond donors (Lipinski definition) is 1. The van der Waals surface area contributed by atoms with Gasteiger partial charge in [0, 0.05) is 11.4 Å². The molecule has 3 aromatic heterocycles. The number of thioether (sulfide) groups is 1. The van der Waals surface area contributed by atoms with E-state index in [0.717, 1.165) is 45.4 Å². The van der Waals surface area contributed by atoms with Crippen molar-refractivity contribution < 1.29 is 9.21 Å². The molecule has 6 nitrogen and oxygen atoms in total. The van der Waals surface area contributed by atoms with Gasteiger partial charge in [0.25, 0.3) is 0 Å². The molecule has 1 atom stereocenters. The van der Waals surface area contributed by atoms with E-state index in [4.69, 9.17) is 4.42 Å². The predicted molar refractivity (Wildman–Crippen MR) is 115 cm³/mol. The summed E-state index contributed by atoms with van der Waals surface area (Å²) in [5, 5.41) is 15.6. The average molecular weight is 425 g/mol. The number of fused-ring (bicyclic) bond motifs is 1. The summed E-state index contributed by atoms with van der Waals surface area (Å²) in [6.07, 6.45) is 2.28. The maximum atomic E-state index is 12.5. The van der Waals surface area contributed by atoms with E-state index in [9.17, 15) is 4.79 Å². The van der Waals surface area contributed by atoms with Gasteiger partial charge in [-0.2, -0.15) is 0 Å². The SMILES string of the molecule is CC(NC(=O)CSc1nnc(-c2cccs2)n1C1CC1)c1cc2ccccc2o1. The number of para-hydroxylation sites is 1. The zero-order valence-electron chi connectivity index (χ0n) is 15.9. The van der Waals surface area contributed by atoms with Crippen LogP contribution in [-0.2, 0) is 4.79 Å². The van der Waals surface area contributed by atoms with E-state index in [1.165, 1.54) is 11.8 Å². The van der Waals surface area contributed by atoms with Crippen LogP contribution in [0.5, 0.6) is 0 Å². The van der Waals surface area contributed by atoms with Crippen molar-refractivity contribution in [2.45, 2.75) is 37.0 Å². The Balaban J connectivity index is 1.25. The van der Waals surface area contributed by atoms with Crippen LogP contribution < -0.4 is 5.32 Å². The van der Waals surface area contributed by atoms with Gasteiger partial charge in [0.2, 0.25) is 5.91 Å². The van der Waals surface area contributed by atoms with Crippen molar-refractivity contribution >= 4 is 40.0 Å². The molecule has 1 amide bonds. The maximum absolute atomic E-state index is 12.5. The summed E-state index contributed by atoms with van der Waals surface area (Å²) >= 11 is 3.09. The minimum atomic E-state index is -0.196. The highest BCUT2D eigenvalue weighted by molar-refractivity contribution is 7.99. The normalized spacial score (nSPS) is 14.9. The fourth-order valence-corrected chi connectivity index (χ4v) is 4.83.